The molecule has 0 unspecified atom stereocenters. The lowest BCUT2D eigenvalue weighted by molar-refractivity contribution is 1.11. The molecule has 0 aliphatic carbocycles. The second-order valence-corrected chi connectivity index (χ2v) is 3.43. The maximum atomic E-state index is 7.13. The molecule has 1 heterocycles. The summed E-state index contributed by atoms with van der Waals surface area (Å²) >= 11 is 1.68. The summed E-state index contributed by atoms with van der Waals surface area (Å²) in [7, 11) is 0. The number of amidine groups is 1. The topological polar surface area (TPSA) is 49.9 Å². The van der Waals surface area contributed by atoms with Gasteiger partial charge in [-0.1, -0.05) is 6.92 Å². The van der Waals surface area contributed by atoms with Gasteiger partial charge < -0.3 is 5.73 Å². The Morgan fingerprint density at radius 1 is 1.73 bits per heavy atom. The van der Waals surface area contributed by atoms with Crippen LogP contribution in [-0.4, -0.2) is 5.84 Å². The number of thiophene rings is 1. The second-order valence-electron chi connectivity index (χ2n) is 2.42. The van der Waals surface area contributed by atoms with E-state index in [2.05, 4.69) is 18.4 Å². The van der Waals surface area contributed by atoms with Crippen molar-refractivity contribution in [2.24, 2.45) is 5.73 Å². The van der Waals surface area contributed by atoms with Crippen molar-refractivity contribution in [3.8, 4) is 0 Å². The first-order valence-corrected chi connectivity index (χ1v) is 4.50. The molecule has 1 rings (SSSR count). The predicted molar refractivity (Wildman–Crippen MR) is 49.3 cm³/mol. The van der Waals surface area contributed by atoms with Crippen molar-refractivity contribution in [2.45, 2.75) is 19.8 Å². The third-order valence-corrected chi connectivity index (χ3v) is 2.53. The summed E-state index contributed by atoms with van der Waals surface area (Å²) in [6.07, 6.45) is 1.65. The van der Waals surface area contributed by atoms with Crippen molar-refractivity contribution in [1.82, 2.24) is 0 Å². The van der Waals surface area contributed by atoms with Gasteiger partial charge in [0.25, 0.3) is 0 Å². The number of nitrogens with one attached hydrogen (secondary N) is 1. The largest absolute Gasteiger partial charge is 0.387 e. The van der Waals surface area contributed by atoms with Crippen molar-refractivity contribution in [3.05, 3.63) is 21.9 Å². The Bertz CT molecular complexity index is 252. The third-order valence-electron chi connectivity index (χ3n) is 1.57. The average molecular weight is 168 g/mol. The number of nitrogens with two attached hydrogens (primary N) is 1. The van der Waals surface area contributed by atoms with E-state index in [9.17, 15) is 0 Å². The maximum absolute atomic E-state index is 7.13. The van der Waals surface area contributed by atoms with Gasteiger partial charge in [-0.25, -0.2) is 0 Å². The Morgan fingerprint density at radius 3 is 3.00 bits per heavy atom. The molecule has 0 saturated carbocycles. The van der Waals surface area contributed by atoms with Gasteiger partial charge in [0.2, 0.25) is 0 Å². The summed E-state index contributed by atoms with van der Waals surface area (Å²) in [6.45, 7) is 2.12. The van der Waals surface area contributed by atoms with Crippen LogP contribution in [0.2, 0.25) is 0 Å². The van der Waals surface area contributed by atoms with E-state index < -0.39 is 0 Å². The normalized spacial score (nSPS) is 9.91. The van der Waals surface area contributed by atoms with Gasteiger partial charge in [-0.05, 0) is 23.4 Å². The van der Waals surface area contributed by atoms with Gasteiger partial charge in [-0.2, -0.15) is 0 Å². The monoisotopic (exact) mass is 168 g/mol. The van der Waals surface area contributed by atoms with Gasteiger partial charge in [0.1, 0.15) is 0 Å². The minimum atomic E-state index is 0.252. The van der Waals surface area contributed by atoms with Gasteiger partial charge in [0, 0.05) is 11.3 Å². The molecule has 0 radical (unpaired) electrons. The zero-order valence-electron chi connectivity index (χ0n) is 6.55. The zero-order valence-corrected chi connectivity index (χ0v) is 7.37. The molecule has 0 spiro atoms. The Labute approximate surface area is 70.6 Å². The van der Waals surface area contributed by atoms with Crippen molar-refractivity contribution in [2.75, 3.05) is 0 Å². The molecule has 3 heteroatoms. The number of hydrogen-bond acceptors (Lipinski definition) is 2. The first kappa shape index (κ1) is 8.27. The van der Waals surface area contributed by atoms with Crippen LogP contribution in [0.1, 0.15) is 17.4 Å². The average Bonchev–Trinajstić information content (AvgIpc) is 2.34. The Morgan fingerprint density at radius 2 is 2.45 bits per heavy atom. The molecular formula is C8H12N2S. The van der Waals surface area contributed by atoms with Crippen molar-refractivity contribution in [3.63, 3.8) is 0 Å². The highest BCUT2D eigenvalue weighted by Gasteiger charge is 2.02. The lowest BCUT2D eigenvalue weighted by Gasteiger charge is -1.97. The summed E-state index contributed by atoms with van der Waals surface area (Å²) in [6, 6.07) is 2.10. The fraction of sp³-hybridized carbons (Fsp3) is 0.375. The van der Waals surface area contributed by atoms with Crippen LogP contribution in [0.25, 0.3) is 0 Å². The molecule has 0 bridgehead atoms. The molecule has 0 aromatic carbocycles. The summed E-state index contributed by atoms with van der Waals surface area (Å²) in [5, 5.41) is 9.18. The molecule has 0 fully saturated rings. The van der Waals surface area contributed by atoms with Gasteiger partial charge in [-0.15, -0.1) is 11.3 Å². The summed E-state index contributed by atoms with van der Waals surface area (Å²) in [5.41, 5.74) is 6.62. The van der Waals surface area contributed by atoms with Crippen LogP contribution in [0.15, 0.2) is 11.4 Å². The first-order valence-electron chi connectivity index (χ1n) is 3.62. The number of hydrogen-bond donors (Lipinski definition) is 2. The molecule has 0 atom stereocenters. The van der Waals surface area contributed by atoms with Crippen LogP contribution in [-0.2, 0) is 12.8 Å². The van der Waals surface area contributed by atoms with Crippen molar-refractivity contribution in [1.29, 1.82) is 5.41 Å². The lowest BCUT2D eigenvalue weighted by atomic mass is 10.1. The van der Waals surface area contributed by atoms with Crippen LogP contribution < -0.4 is 5.73 Å². The summed E-state index contributed by atoms with van der Waals surface area (Å²) in [4.78, 5) is 1.24. The van der Waals surface area contributed by atoms with Gasteiger partial charge in [0.15, 0.2) is 0 Å². The molecular weight excluding hydrogens is 156 g/mol. The first-order chi connectivity index (χ1) is 5.24. The van der Waals surface area contributed by atoms with E-state index in [4.69, 9.17) is 11.1 Å². The Hall–Kier alpha value is -0.830. The Kier molecular flexibility index (Phi) is 2.65. The van der Waals surface area contributed by atoms with Crippen LogP contribution in [0.4, 0.5) is 0 Å². The van der Waals surface area contributed by atoms with Gasteiger partial charge in [0.05, 0.1) is 5.84 Å². The molecule has 1 aromatic heterocycles. The summed E-state index contributed by atoms with van der Waals surface area (Å²) < 4.78 is 0. The zero-order chi connectivity index (χ0) is 8.27. The highest BCUT2D eigenvalue weighted by molar-refractivity contribution is 7.10. The van der Waals surface area contributed by atoms with Crippen molar-refractivity contribution < 1.29 is 0 Å². The third kappa shape index (κ3) is 2.05. The van der Waals surface area contributed by atoms with Crippen LogP contribution >= 0.6 is 11.3 Å². The highest BCUT2D eigenvalue weighted by atomic mass is 32.1. The van der Waals surface area contributed by atoms with Gasteiger partial charge in [-0.3, -0.25) is 5.41 Å². The van der Waals surface area contributed by atoms with Crippen LogP contribution in [0, 0.1) is 5.41 Å². The molecule has 0 aliphatic heterocycles. The molecule has 0 aliphatic rings. The smallest absolute Gasteiger partial charge is 0.0958 e. The maximum Gasteiger partial charge on any atom is 0.0958 e. The minimum absolute atomic E-state index is 0.252. The van der Waals surface area contributed by atoms with E-state index in [1.165, 1.54) is 10.4 Å². The van der Waals surface area contributed by atoms with E-state index in [1.807, 2.05) is 0 Å². The minimum Gasteiger partial charge on any atom is -0.387 e. The van der Waals surface area contributed by atoms with Crippen LogP contribution in [0.3, 0.4) is 0 Å². The molecule has 60 valence electrons. The van der Waals surface area contributed by atoms with Gasteiger partial charge >= 0.3 is 0 Å². The number of rotatable bonds is 3. The van der Waals surface area contributed by atoms with Crippen molar-refractivity contribution >= 4 is 17.2 Å². The van der Waals surface area contributed by atoms with E-state index >= 15 is 0 Å². The number of aryl methyl sites for hydroxylation is 1. The van der Waals surface area contributed by atoms with E-state index in [0.717, 1.165) is 6.42 Å². The van der Waals surface area contributed by atoms with E-state index in [-0.39, 0.29) is 5.84 Å². The molecule has 2 nitrogen and oxygen atoms in total. The quantitative estimate of drug-likeness (QED) is 0.524. The fourth-order valence-corrected chi connectivity index (χ4v) is 2.01. The summed E-state index contributed by atoms with van der Waals surface area (Å²) in [5.74, 6) is 0.252. The molecule has 0 saturated heterocycles. The van der Waals surface area contributed by atoms with E-state index in [0.29, 0.717) is 6.42 Å². The lowest BCUT2D eigenvalue weighted by Crippen LogP contribution is -2.12. The molecule has 11 heavy (non-hydrogen) atoms. The SMILES string of the molecule is CCc1ccsc1CC(=N)N. The fourth-order valence-electron chi connectivity index (χ4n) is 1.01. The molecule has 3 N–H and O–H groups in total. The van der Waals surface area contributed by atoms with E-state index in [1.54, 1.807) is 11.3 Å². The Balaban J connectivity index is 2.76. The second kappa shape index (κ2) is 3.53. The molecule has 0 amide bonds. The van der Waals surface area contributed by atoms with Crippen LogP contribution in [0.5, 0.6) is 0 Å². The highest BCUT2D eigenvalue weighted by Crippen LogP contribution is 2.17. The standard InChI is InChI=1S/C8H12N2S/c1-2-6-3-4-11-7(6)5-8(9)10/h3-4H,2,5H2,1H3,(H3,9,10). The molecule has 1 aromatic rings. The predicted octanol–water partition coefficient (Wildman–Crippen LogP) is 1.79.